The third-order valence-corrected chi connectivity index (χ3v) is 2.49. The Morgan fingerprint density at radius 1 is 1.47 bits per heavy atom. The number of rotatable bonds is 3. The van der Waals surface area contributed by atoms with E-state index in [1.807, 2.05) is 0 Å². The van der Waals surface area contributed by atoms with Gasteiger partial charge >= 0.3 is 11.9 Å². The first-order chi connectivity index (χ1) is 8.06. The van der Waals surface area contributed by atoms with Gasteiger partial charge in [-0.3, -0.25) is 0 Å². The summed E-state index contributed by atoms with van der Waals surface area (Å²) >= 11 is 0. The van der Waals surface area contributed by atoms with Gasteiger partial charge in [-0.2, -0.15) is 0 Å². The van der Waals surface area contributed by atoms with Crippen molar-refractivity contribution in [1.82, 2.24) is 0 Å². The van der Waals surface area contributed by atoms with Crippen molar-refractivity contribution in [3.63, 3.8) is 0 Å². The average molecular weight is 234 g/mol. The lowest BCUT2D eigenvalue weighted by atomic mass is 10.0. The van der Waals surface area contributed by atoms with Gasteiger partial charge in [-0.25, -0.2) is 4.79 Å². The van der Waals surface area contributed by atoms with E-state index in [0.717, 1.165) is 0 Å². The monoisotopic (exact) mass is 234 g/mol. The Morgan fingerprint density at radius 3 is 2.76 bits per heavy atom. The summed E-state index contributed by atoms with van der Waals surface area (Å²) in [6.07, 6.45) is 1.33. The molecule has 1 heterocycles. The van der Waals surface area contributed by atoms with Gasteiger partial charge < -0.3 is 19.4 Å². The molecule has 1 aliphatic carbocycles. The zero-order valence-corrected chi connectivity index (χ0v) is 9.06. The Balaban J connectivity index is 2.71. The minimum atomic E-state index is -1.13. The van der Waals surface area contributed by atoms with E-state index < -0.39 is 11.9 Å². The van der Waals surface area contributed by atoms with Crippen molar-refractivity contribution in [2.24, 2.45) is 0 Å². The molecule has 2 aliphatic rings. The molecule has 17 heavy (non-hydrogen) atoms. The fraction of sp³-hybridized carbons (Fsp3) is 0.0833. The quantitative estimate of drug-likeness (QED) is 0.796. The van der Waals surface area contributed by atoms with Crippen LogP contribution in [-0.2, 0) is 4.79 Å². The summed E-state index contributed by atoms with van der Waals surface area (Å²) in [7, 11) is 1.37. The zero-order valence-electron chi connectivity index (χ0n) is 9.06. The normalized spacial score (nSPS) is 10.4. The lowest BCUT2D eigenvalue weighted by Crippen LogP contribution is -1.99. The molecule has 2 N–H and O–H groups in total. The Bertz CT molecular complexity index is 567. The minimum absolute atomic E-state index is 0.0658. The zero-order chi connectivity index (χ0) is 12.6. The summed E-state index contributed by atoms with van der Waals surface area (Å²) < 4.78 is 9.88. The van der Waals surface area contributed by atoms with E-state index in [1.54, 1.807) is 12.1 Å². The molecule has 0 fully saturated rings. The van der Waals surface area contributed by atoms with Gasteiger partial charge in [0.1, 0.15) is 6.26 Å². The second-order valence-corrected chi connectivity index (χ2v) is 3.44. The van der Waals surface area contributed by atoms with Crippen molar-refractivity contribution in [2.45, 2.75) is 0 Å². The van der Waals surface area contributed by atoms with E-state index >= 15 is 0 Å². The van der Waals surface area contributed by atoms with Crippen molar-refractivity contribution in [3.05, 3.63) is 30.5 Å². The molecule has 0 saturated carbocycles. The highest BCUT2D eigenvalue weighted by Crippen LogP contribution is 2.44. The van der Waals surface area contributed by atoms with Crippen molar-refractivity contribution < 1.29 is 24.2 Å². The first kappa shape index (κ1) is 11.1. The molecular weight excluding hydrogens is 224 g/mol. The predicted molar refractivity (Wildman–Crippen MR) is 60.2 cm³/mol. The van der Waals surface area contributed by atoms with Crippen LogP contribution in [0.25, 0.3) is 16.7 Å². The maximum Gasteiger partial charge on any atom is 0.335 e. The molecule has 0 atom stereocenters. The van der Waals surface area contributed by atoms with Gasteiger partial charge in [-0.15, -0.1) is 0 Å². The molecule has 0 spiro atoms. The van der Waals surface area contributed by atoms with E-state index in [4.69, 9.17) is 14.3 Å². The molecule has 5 heteroatoms. The third-order valence-electron chi connectivity index (χ3n) is 2.49. The standard InChI is InChI=1S/C12H10O5/c1-6(11(13)14)8-4-3-7-5-17-12(15)10(16-2)9(7)8/h3-5,15H,1H2,2H3,(H,13,14). The summed E-state index contributed by atoms with van der Waals surface area (Å²) in [6, 6.07) is 3.27. The van der Waals surface area contributed by atoms with Crippen LogP contribution in [0.5, 0.6) is 11.7 Å². The number of carbonyl (C=O) groups is 1. The van der Waals surface area contributed by atoms with Gasteiger partial charge in [0.15, 0.2) is 0 Å². The average Bonchev–Trinajstić information content (AvgIpc) is 2.71. The molecule has 1 aliphatic heterocycles. The van der Waals surface area contributed by atoms with E-state index in [1.165, 1.54) is 13.4 Å². The summed E-state index contributed by atoms with van der Waals surface area (Å²) in [5.74, 6) is -1.42. The first-order valence-corrected chi connectivity index (χ1v) is 4.76. The van der Waals surface area contributed by atoms with E-state index in [2.05, 4.69) is 6.58 Å². The minimum Gasteiger partial charge on any atom is -0.490 e. The lowest BCUT2D eigenvalue weighted by molar-refractivity contribution is -0.130. The number of hydrogen-bond acceptors (Lipinski definition) is 4. The first-order valence-electron chi connectivity index (χ1n) is 4.76. The fourth-order valence-corrected chi connectivity index (χ4v) is 1.68. The highest BCUT2D eigenvalue weighted by atomic mass is 16.5. The fourth-order valence-electron chi connectivity index (χ4n) is 1.68. The van der Waals surface area contributed by atoms with Gasteiger partial charge in [0.2, 0.25) is 5.75 Å². The molecule has 2 rings (SSSR count). The van der Waals surface area contributed by atoms with Crippen LogP contribution in [0, 0.1) is 0 Å². The smallest absolute Gasteiger partial charge is 0.335 e. The van der Waals surface area contributed by atoms with E-state index in [-0.39, 0.29) is 11.3 Å². The SMILES string of the molecule is C=C(C(=O)O)c1ccc2coc(O)c(OC)c1-2. The Hall–Kier alpha value is -2.43. The third kappa shape index (κ3) is 1.61. The van der Waals surface area contributed by atoms with Crippen LogP contribution in [0.3, 0.4) is 0 Å². The summed E-state index contributed by atoms with van der Waals surface area (Å²) in [4.78, 5) is 10.9. The van der Waals surface area contributed by atoms with Crippen LogP contribution in [0.2, 0.25) is 0 Å². The van der Waals surface area contributed by atoms with Crippen LogP contribution in [0.1, 0.15) is 5.56 Å². The van der Waals surface area contributed by atoms with Gasteiger partial charge in [-0.1, -0.05) is 18.7 Å². The molecule has 5 nitrogen and oxygen atoms in total. The lowest BCUT2D eigenvalue weighted by Gasteiger charge is -2.10. The molecule has 0 aromatic carbocycles. The maximum absolute atomic E-state index is 10.9. The van der Waals surface area contributed by atoms with Crippen LogP contribution >= 0.6 is 0 Å². The number of methoxy groups -OCH3 is 1. The molecular formula is C12H10O5. The highest BCUT2D eigenvalue weighted by molar-refractivity contribution is 6.17. The van der Waals surface area contributed by atoms with Crippen molar-refractivity contribution in [2.75, 3.05) is 7.11 Å². The van der Waals surface area contributed by atoms with Gasteiger partial charge in [0.25, 0.3) is 0 Å². The maximum atomic E-state index is 10.9. The second kappa shape index (κ2) is 3.86. The second-order valence-electron chi connectivity index (χ2n) is 3.44. The van der Waals surface area contributed by atoms with Crippen molar-refractivity contribution >= 4 is 11.5 Å². The molecule has 0 amide bonds. The molecule has 0 aromatic heterocycles. The highest BCUT2D eigenvalue weighted by Gasteiger charge is 2.23. The molecule has 0 saturated heterocycles. The summed E-state index contributed by atoms with van der Waals surface area (Å²) in [5.41, 5.74) is 1.44. The van der Waals surface area contributed by atoms with Crippen LogP contribution < -0.4 is 4.74 Å². The predicted octanol–water partition coefficient (Wildman–Crippen LogP) is 2.20. The van der Waals surface area contributed by atoms with Crippen LogP contribution in [0.4, 0.5) is 0 Å². The van der Waals surface area contributed by atoms with Gasteiger partial charge in [0.05, 0.1) is 12.7 Å². The largest absolute Gasteiger partial charge is 0.490 e. The van der Waals surface area contributed by atoms with E-state index in [9.17, 15) is 9.90 Å². The molecule has 0 radical (unpaired) electrons. The molecule has 0 unspecified atom stereocenters. The van der Waals surface area contributed by atoms with Gasteiger partial charge in [0, 0.05) is 16.7 Å². The van der Waals surface area contributed by atoms with E-state index in [0.29, 0.717) is 16.7 Å². The Morgan fingerprint density at radius 2 is 2.18 bits per heavy atom. The number of carboxylic acids is 1. The number of aliphatic carboxylic acids is 1. The Labute approximate surface area is 96.9 Å². The summed E-state index contributed by atoms with van der Waals surface area (Å²) in [6.45, 7) is 3.48. The topological polar surface area (TPSA) is 79.9 Å². The molecule has 88 valence electrons. The van der Waals surface area contributed by atoms with Crippen molar-refractivity contribution in [3.8, 4) is 22.8 Å². The van der Waals surface area contributed by atoms with Crippen LogP contribution in [0.15, 0.2) is 29.4 Å². The summed E-state index contributed by atoms with van der Waals surface area (Å²) in [5, 5.41) is 18.4. The number of aromatic hydroxyl groups is 1. The number of fused-ring (bicyclic) bond motifs is 1. The number of carboxylic acid groups (broad SMARTS) is 1. The molecule has 0 bridgehead atoms. The number of hydrogen-bond donors (Lipinski definition) is 2. The van der Waals surface area contributed by atoms with Crippen LogP contribution in [-0.4, -0.2) is 23.3 Å². The van der Waals surface area contributed by atoms with Gasteiger partial charge in [-0.05, 0) is 0 Å². The Kier molecular flexibility index (Phi) is 2.51. The number of ether oxygens (including phenoxy) is 1. The van der Waals surface area contributed by atoms with Crippen molar-refractivity contribution in [1.29, 1.82) is 0 Å². The molecule has 0 aromatic rings.